The number of likely N-dealkylation sites (tertiary alicyclic amines) is 1. The third-order valence-electron chi connectivity index (χ3n) is 5.36. The smallest absolute Gasteiger partial charge is 0.139 e. The lowest BCUT2D eigenvalue weighted by atomic mass is 10.0. The predicted octanol–water partition coefficient (Wildman–Crippen LogP) is 5.85. The molecule has 1 N–H and O–H groups in total. The average Bonchev–Trinajstić information content (AvgIpc) is 2.80. The van der Waals surface area contributed by atoms with Crippen LogP contribution in [0.4, 0.5) is 5.82 Å². The fourth-order valence-electron chi connectivity index (χ4n) is 3.61. The number of hydrogen-bond donors (Lipinski definition) is 1. The second kappa shape index (κ2) is 10.2. The van der Waals surface area contributed by atoms with Gasteiger partial charge in [-0.2, -0.15) is 0 Å². The van der Waals surface area contributed by atoms with Crippen molar-refractivity contribution in [1.29, 1.82) is 0 Å². The molecule has 2 aromatic carbocycles. The summed E-state index contributed by atoms with van der Waals surface area (Å²) >= 11 is 7.94. The Morgan fingerprint density at radius 1 is 1.13 bits per heavy atom. The molecule has 1 unspecified atom stereocenters. The Labute approximate surface area is 187 Å². The van der Waals surface area contributed by atoms with Gasteiger partial charge in [0.15, 0.2) is 0 Å². The maximum Gasteiger partial charge on any atom is 0.139 e. The molecule has 2 heterocycles. The van der Waals surface area contributed by atoms with E-state index in [1.54, 1.807) is 6.20 Å². The number of rotatable bonds is 7. The van der Waals surface area contributed by atoms with Crippen molar-refractivity contribution in [2.75, 3.05) is 17.8 Å². The Kier molecular flexibility index (Phi) is 7.10. The standard InChI is InChI=1S/C23H25ClN4OS/c1-17(18-5-3-2-4-6-18)28-13-10-19(11-14-28)29-22-8-7-20(15-21(22)24)30-27-23-9-12-25-16-26-23/h2-9,12,15-17,19H,10-11,13-14H2,1H3,(H,25,26,27). The zero-order chi connectivity index (χ0) is 20.8. The van der Waals surface area contributed by atoms with Crippen LogP contribution >= 0.6 is 23.5 Å². The molecule has 1 atom stereocenters. The molecule has 30 heavy (non-hydrogen) atoms. The first-order valence-corrected chi connectivity index (χ1v) is 11.3. The zero-order valence-corrected chi connectivity index (χ0v) is 18.4. The number of aromatic nitrogens is 2. The maximum atomic E-state index is 6.49. The molecule has 3 aromatic rings. The van der Waals surface area contributed by atoms with E-state index in [2.05, 4.69) is 56.8 Å². The van der Waals surface area contributed by atoms with Crippen LogP contribution in [0.1, 0.15) is 31.4 Å². The molecule has 1 aliphatic heterocycles. The monoisotopic (exact) mass is 440 g/mol. The molecule has 1 saturated heterocycles. The number of nitrogens with zero attached hydrogens (tertiary/aromatic N) is 3. The normalized spacial score (nSPS) is 16.2. The van der Waals surface area contributed by atoms with Crippen LogP contribution in [0, 0.1) is 0 Å². The Morgan fingerprint density at radius 3 is 2.63 bits per heavy atom. The fraction of sp³-hybridized carbons (Fsp3) is 0.304. The van der Waals surface area contributed by atoms with Gasteiger partial charge in [0.05, 0.1) is 5.02 Å². The van der Waals surface area contributed by atoms with Crippen molar-refractivity contribution in [2.45, 2.75) is 36.8 Å². The predicted molar refractivity (Wildman–Crippen MR) is 123 cm³/mol. The Hall–Kier alpha value is -2.28. The SMILES string of the molecule is CC(c1ccccc1)N1CCC(Oc2ccc(SNc3ccncn3)cc2Cl)CC1. The highest BCUT2D eigenvalue weighted by Crippen LogP contribution is 2.33. The third-order valence-corrected chi connectivity index (χ3v) is 6.45. The molecule has 0 spiro atoms. The van der Waals surface area contributed by atoms with Crippen LogP contribution < -0.4 is 9.46 Å². The van der Waals surface area contributed by atoms with Crippen LogP contribution in [0.5, 0.6) is 5.75 Å². The molecule has 156 valence electrons. The summed E-state index contributed by atoms with van der Waals surface area (Å²) in [6.45, 7) is 4.32. The highest BCUT2D eigenvalue weighted by atomic mass is 35.5. The van der Waals surface area contributed by atoms with E-state index >= 15 is 0 Å². The lowest BCUT2D eigenvalue weighted by Gasteiger charge is -2.36. The molecular formula is C23H25ClN4OS. The Balaban J connectivity index is 1.28. The summed E-state index contributed by atoms with van der Waals surface area (Å²) in [5.74, 6) is 1.50. The number of ether oxygens (including phenoxy) is 1. The number of nitrogens with one attached hydrogen (secondary N) is 1. The van der Waals surface area contributed by atoms with E-state index in [0.29, 0.717) is 11.1 Å². The van der Waals surface area contributed by atoms with Crippen molar-refractivity contribution in [3.63, 3.8) is 0 Å². The highest BCUT2D eigenvalue weighted by Gasteiger charge is 2.25. The Morgan fingerprint density at radius 2 is 1.93 bits per heavy atom. The molecule has 0 aliphatic carbocycles. The van der Waals surface area contributed by atoms with Crippen molar-refractivity contribution >= 4 is 29.4 Å². The highest BCUT2D eigenvalue weighted by molar-refractivity contribution is 8.00. The van der Waals surface area contributed by atoms with Gasteiger partial charge in [0.2, 0.25) is 0 Å². The summed E-state index contributed by atoms with van der Waals surface area (Å²) in [5.41, 5.74) is 1.36. The zero-order valence-electron chi connectivity index (χ0n) is 16.9. The van der Waals surface area contributed by atoms with Crippen LogP contribution in [-0.4, -0.2) is 34.1 Å². The molecular weight excluding hydrogens is 416 g/mol. The molecule has 1 fully saturated rings. The van der Waals surface area contributed by atoms with Crippen molar-refractivity contribution in [2.24, 2.45) is 0 Å². The molecule has 0 saturated carbocycles. The van der Waals surface area contributed by atoms with Crippen LogP contribution in [0.2, 0.25) is 5.02 Å². The van der Waals surface area contributed by atoms with Gasteiger partial charge in [-0.05, 0) is 61.5 Å². The first kappa shape index (κ1) is 21.0. The topological polar surface area (TPSA) is 50.3 Å². The van der Waals surface area contributed by atoms with Crippen molar-refractivity contribution in [1.82, 2.24) is 14.9 Å². The second-order valence-corrected chi connectivity index (χ2v) is 8.62. The molecule has 7 heteroatoms. The molecule has 4 rings (SSSR count). The molecule has 0 radical (unpaired) electrons. The summed E-state index contributed by atoms with van der Waals surface area (Å²) in [5, 5.41) is 0.629. The fourth-order valence-corrected chi connectivity index (χ4v) is 4.55. The minimum atomic E-state index is 0.194. The van der Waals surface area contributed by atoms with Gasteiger partial charge in [0.25, 0.3) is 0 Å². The first-order chi connectivity index (χ1) is 14.7. The minimum absolute atomic E-state index is 0.194. The summed E-state index contributed by atoms with van der Waals surface area (Å²) in [7, 11) is 0. The van der Waals surface area contributed by atoms with Gasteiger partial charge in [-0.3, -0.25) is 4.90 Å². The lowest BCUT2D eigenvalue weighted by molar-refractivity contribution is 0.0797. The summed E-state index contributed by atoms with van der Waals surface area (Å²) in [6, 6.07) is 18.8. The van der Waals surface area contributed by atoms with Crippen LogP contribution in [0.15, 0.2) is 72.0 Å². The van der Waals surface area contributed by atoms with E-state index in [4.69, 9.17) is 16.3 Å². The van der Waals surface area contributed by atoms with E-state index in [1.807, 2.05) is 24.3 Å². The van der Waals surface area contributed by atoms with Crippen molar-refractivity contribution < 1.29 is 4.74 Å². The van der Waals surface area contributed by atoms with Gasteiger partial charge < -0.3 is 9.46 Å². The number of benzene rings is 2. The largest absolute Gasteiger partial charge is 0.489 e. The van der Waals surface area contributed by atoms with Crippen LogP contribution in [-0.2, 0) is 0 Å². The van der Waals surface area contributed by atoms with E-state index in [9.17, 15) is 0 Å². The van der Waals surface area contributed by atoms with Gasteiger partial charge in [-0.25, -0.2) is 9.97 Å². The minimum Gasteiger partial charge on any atom is -0.489 e. The Bertz CT molecular complexity index is 936. The maximum absolute atomic E-state index is 6.49. The summed E-state index contributed by atoms with van der Waals surface area (Å²) in [6.07, 6.45) is 5.41. The van der Waals surface area contributed by atoms with Gasteiger partial charge >= 0.3 is 0 Å². The van der Waals surface area contributed by atoms with Gasteiger partial charge in [0, 0.05) is 30.2 Å². The van der Waals surface area contributed by atoms with E-state index in [1.165, 1.54) is 23.8 Å². The average molecular weight is 441 g/mol. The van der Waals surface area contributed by atoms with Crippen molar-refractivity contribution in [3.8, 4) is 5.75 Å². The van der Waals surface area contributed by atoms with Gasteiger partial charge in [0.1, 0.15) is 24.0 Å². The lowest BCUT2D eigenvalue weighted by Crippen LogP contribution is -2.39. The first-order valence-electron chi connectivity index (χ1n) is 10.1. The number of hydrogen-bond acceptors (Lipinski definition) is 6. The van der Waals surface area contributed by atoms with Gasteiger partial charge in [-0.1, -0.05) is 41.9 Å². The van der Waals surface area contributed by atoms with E-state index < -0.39 is 0 Å². The van der Waals surface area contributed by atoms with Crippen LogP contribution in [0.25, 0.3) is 0 Å². The molecule has 0 bridgehead atoms. The molecule has 1 aliphatic rings. The second-order valence-electron chi connectivity index (χ2n) is 7.33. The molecule has 0 amide bonds. The number of piperidine rings is 1. The summed E-state index contributed by atoms with van der Waals surface area (Å²) < 4.78 is 9.41. The van der Waals surface area contributed by atoms with Gasteiger partial charge in [-0.15, -0.1) is 0 Å². The number of anilines is 1. The third kappa shape index (κ3) is 5.45. The van der Waals surface area contributed by atoms with E-state index in [-0.39, 0.29) is 6.10 Å². The van der Waals surface area contributed by atoms with E-state index in [0.717, 1.165) is 42.4 Å². The molecule has 1 aromatic heterocycles. The molecule has 5 nitrogen and oxygen atoms in total. The number of halogens is 1. The summed E-state index contributed by atoms with van der Waals surface area (Å²) in [4.78, 5) is 11.6. The quantitative estimate of drug-likeness (QED) is 0.465. The van der Waals surface area contributed by atoms with Crippen molar-refractivity contribution in [3.05, 3.63) is 77.7 Å². The van der Waals surface area contributed by atoms with Crippen LogP contribution in [0.3, 0.4) is 0 Å².